The second kappa shape index (κ2) is 8.43. The molecule has 1 amide bonds. The minimum atomic E-state index is -2.60. The number of halogens is 4. The Hall–Kier alpha value is -2.95. The van der Waals surface area contributed by atoms with Crippen molar-refractivity contribution in [1.29, 1.82) is 0 Å². The zero-order valence-electron chi connectivity index (χ0n) is 13.3. The lowest BCUT2D eigenvalue weighted by molar-refractivity contribution is 0.1000. The summed E-state index contributed by atoms with van der Waals surface area (Å²) in [6, 6.07) is 0.968. The summed E-state index contributed by atoms with van der Waals surface area (Å²) >= 11 is 0. The fourth-order valence-electron chi connectivity index (χ4n) is 2.05. The van der Waals surface area contributed by atoms with Crippen LogP contribution in [0.4, 0.5) is 34.9 Å². The van der Waals surface area contributed by atoms with Crippen LogP contribution >= 0.6 is 0 Å². The molecule has 0 fully saturated rings. The lowest BCUT2D eigenvalue weighted by Gasteiger charge is -2.15. The summed E-state index contributed by atoms with van der Waals surface area (Å²) in [5, 5.41) is 5.11. The van der Waals surface area contributed by atoms with Crippen LogP contribution in [0.25, 0.3) is 0 Å². The van der Waals surface area contributed by atoms with Gasteiger partial charge in [0.05, 0.1) is 23.6 Å². The molecule has 26 heavy (non-hydrogen) atoms. The van der Waals surface area contributed by atoms with E-state index in [1.54, 1.807) is 0 Å². The largest absolute Gasteiger partial charge is 0.366 e. The number of carbonyl (C=O) groups is 1. The van der Waals surface area contributed by atoms with Crippen molar-refractivity contribution in [3.8, 4) is 0 Å². The molecule has 2 aromatic rings. The Morgan fingerprint density at radius 1 is 1.19 bits per heavy atom. The van der Waals surface area contributed by atoms with Gasteiger partial charge in [0, 0.05) is 25.1 Å². The number of anilines is 3. The zero-order chi connectivity index (χ0) is 19.3. The van der Waals surface area contributed by atoms with Crippen molar-refractivity contribution in [1.82, 2.24) is 9.97 Å². The van der Waals surface area contributed by atoms with Gasteiger partial charge in [0.2, 0.25) is 6.43 Å². The van der Waals surface area contributed by atoms with Crippen molar-refractivity contribution in [3.05, 3.63) is 41.7 Å². The van der Waals surface area contributed by atoms with Gasteiger partial charge in [0.1, 0.15) is 11.6 Å². The van der Waals surface area contributed by atoms with Crippen LogP contribution in [-0.4, -0.2) is 34.9 Å². The van der Waals surface area contributed by atoms with Gasteiger partial charge in [-0.25, -0.2) is 22.5 Å². The summed E-state index contributed by atoms with van der Waals surface area (Å²) in [6.45, 7) is -0.175. The molecule has 0 aliphatic rings. The Balaban J connectivity index is 2.26. The van der Waals surface area contributed by atoms with Gasteiger partial charge in [0.15, 0.2) is 11.6 Å². The molecule has 0 aromatic carbocycles. The second-order valence-corrected chi connectivity index (χ2v) is 5.36. The van der Waals surface area contributed by atoms with E-state index in [1.165, 1.54) is 6.20 Å². The number of nitrogens with one attached hydrogen (secondary N) is 2. The van der Waals surface area contributed by atoms with Crippen molar-refractivity contribution in [2.24, 2.45) is 11.5 Å². The number of carbonyl (C=O) groups excluding carboxylic acids is 1. The summed E-state index contributed by atoms with van der Waals surface area (Å²) < 4.78 is 51.9. The summed E-state index contributed by atoms with van der Waals surface area (Å²) in [5.74, 6) is -3.02. The Morgan fingerprint density at radius 2 is 1.92 bits per heavy atom. The first-order chi connectivity index (χ1) is 12.3. The summed E-state index contributed by atoms with van der Waals surface area (Å²) in [5.41, 5.74) is 10.6. The van der Waals surface area contributed by atoms with Crippen LogP contribution in [0.5, 0.6) is 0 Å². The Labute approximate surface area is 145 Å². The van der Waals surface area contributed by atoms with Crippen LogP contribution in [-0.2, 0) is 0 Å². The number of pyridine rings is 2. The normalized spacial score (nSPS) is 12.1. The SMILES string of the molecule is NC(=O)c1cc(F)c(NC[C@@H](N)CC(F)F)nc1Nc1cncc(F)c1. The van der Waals surface area contributed by atoms with Gasteiger partial charge < -0.3 is 22.1 Å². The number of nitrogens with zero attached hydrogens (tertiary/aromatic N) is 2. The maximum Gasteiger partial charge on any atom is 0.252 e. The molecule has 1 atom stereocenters. The van der Waals surface area contributed by atoms with Gasteiger partial charge in [-0.05, 0) is 6.07 Å². The van der Waals surface area contributed by atoms with Crippen LogP contribution in [0.3, 0.4) is 0 Å². The van der Waals surface area contributed by atoms with Gasteiger partial charge in [-0.15, -0.1) is 0 Å². The van der Waals surface area contributed by atoms with Crippen molar-refractivity contribution >= 4 is 23.2 Å². The smallest absolute Gasteiger partial charge is 0.252 e. The van der Waals surface area contributed by atoms with Crippen LogP contribution < -0.4 is 22.1 Å². The van der Waals surface area contributed by atoms with E-state index in [0.717, 1.165) is 18.3 Å². The van der Waals surface area contributed by atoms with Gasteiger partial charge in [-0.1, -0.05) is 0 Å². The van der Waals surface area contributed by atoms with E-state index in [1.807, 2.05) is 0 Å². The molecule has 0 aliphatic heterocycles. The third-order valence-corrected chi connectivity index (χ3v) is 3.22. The predicted molar refractivity (Wildman–Crippen MR) is 87.3 cm³/mol. The number of alkyl halides is 2. The highest BCUT2D eigenvalue weighted by Crippen LogP contribution is 2.23. The topological polar surface area (TPSA) is 119 Å². The second-order valence-electron chi connectivity index (χ2n) is 5.36. The average molecular weight is 372 g/mol. The van der Waals surface area contributed by atoms with Crippen LogP contribution in [0.2, 0.25) is 0 Å². The molecule has 0 unspecified atom stereocenters. The fraction of sp³-hybridized carbons (Fsp3) is 0.267. The molecule has 0 spiro atoms. The zero-order valence-corrected chi connectivity index (χ0v) is 13.3. The summed E-state index contributed by atoms with van der Waals surface area (Å²) in [4.78, 5) is 19.0. The van der Waals surface area contributed by atoms with E-state index in [9.17, 15) is 22.4 Å². The number of rotatable bonds is 8. The van der Waals surface area contributed by atoms with E-state index in [4.69, 9.17) is 11.5 Å². The molecule has 11 heteroatoms. The summed E-state index contributed by atoms with van der Waals surface area (Å²) in [7, 11) is 0. The molecule has 6 N–H and O–H groups in total. The number of aromatic nitrogens is 2. The highest BCUT2D eigenvalue weighted by atomic mass is 19.3. The minimum absolute atomic E-state index is 0.145. The lowest BCUT2D eigenvalue weighted by Crippen LogP contribution is -2.31. The summed E-state index contributed by atoms with van der Waals surface area (Å²) in [6.07, 6.45) is -0.951. The van der Waals surface area contributed by atoms with Gasteiger partial charge in [-0.2, -0.15) is 0 Å². The molecule has 2 heterocycles. The van der Waals surface area contributed by atoms with Crippen molar-refractivity contribution in [2.75, 3.05) is 17.2 Å². The number of nitrogens with two attached hydrogens (primary N) is 2. The molecule has 7 nitrogen and oxygen atoms in total. The van der Waals surface area contributed by atoms with E-state index in [-0.39, 0.29) is 29.4 Å². The van der Waals surface area contributed by atoms with Crippen LogP contribution in [0, 0.1) is 11.6 Å². The fourth-order valence-corrected chi connectivity index (χ4v) is 2.05. The highest BCUT2D eigenvalue weighted by Gasteiger charge is 2.17. The van der Waals surface area contributed by atoms with Crippen LogP contribution in [0.1, 0.15) is 16.8 Å². The maximum absolute atomic E-state index is 14.1. The van der Waals surface area contributed by atoms with Crippen molar-refractivity contribution in [2.45, 2.75) is 18.9 Å². The molecule has 0 saturated carbocycles. The Morgan fingerprint density at radius 3 is 2.54 bits per heavy atom. The first-order valence-electron chi connectivity index (χ1n) is 7.41. The third-order valence-electron chi connectivity index (χ3n) is 3.22. The molecule has 2 rings (SSSR count). The number of hydrogen-bond acceptors (Lipinski definition) is 6. The van der Waals surface area contributed by atoms with E-state index >= 15 is 0 Å². The average Bonchev–Trinajstić information content (AvgIpc) is 2.54. The highest BCUT2D eigenvalue weighted by molar-refractivity contribution is 5.98. The van der Waals surface area contributed by atoms with Gasteiger partial charge in [0.25, 0.3) is 5.91 Å². The first kappa shape index (κ1) is 19.4. The van der Waals surface area contributed by atoms with Crippen molar-refractivity contribution in [3.63, 3.8) is 0 Å². The molecule has 0 radical (unpaired) electrons. The minimum Gasteiger partial charge on any atom is -0.366 e. The molecular weight excluding hydrogens is 356 g/mol. The van der Waals surface area contributed by atoms with Crippen molar-refractivity contribution < 1.29 is 22.4 Å². The molecule has 0 saturated heterocycles. The standard InChI is InChI=1S/C15H16F4N6O/c16-7-1-9(6-22-4-7)24-14-10(13(21)26)3-11(17)15(25-14)23-5-8(20)2-12(18)19/h1,3-4,6,8,12H,2,5,20H2,(H2,21,26)(H2,23,24,25)/t8-/m0/s1. The predicted octanol–water partition coefficient (Wildman–Crippen LogP) is 1.99. The Kier molecular flexibility index (Phi) is 6.28. The number of hydrogen-bond donors (Lipinski definition) is 4. The molecule has 0 bridgehead atoms. The van der Waals surface area contributed by atoms with Gasteiger partial charge >= 0.3 is 0 Å². The third kappa shape index (κ3) is 5.28. The first-order valence-corrected chi connectivity index (χ1v) is 7.41. The number of primary amides is 1. The van der Waals surface area contributed by atoms with Crippen LogP contribution in [0.15, 0.2) is 24.5 Å². The number of amides is 1. The molecule has 2 aromatic heterocycles. The van der Waals surface area contributed by atoms with E-state index < -0.39 is 36.4 Å². The molecular formula is C15H16F4N6O. The van der Waals surface area contributed by atoms with E-state index in [0.29, 0.717) is 0 Å². The monoisotopic (exact) mass is 372 g/mol. The maximum atomic E-state index is 14.1. The quantitative estimate of drug-likeness (QED) is 0.526. The van der Waals surface area contributed by atoms with E-state index in [2.05, 4.69) is 20.6 Å². The molecule has 0 aliphatic carbocycles. The van der Waals surface area contributed by atoms with Gasteiger partial charge in [-0.3, -0.25) is 9.78 Å². The Bertz CT molecular complexity index is 789. The molecule has 140 valence electrons. The lowest BCUT2D eigenvalue weighted by atomic mass is 10.2.